The lowest BCUT2D eigenvalue weighted by molar-refractivity contribution is -0.0172. The van der Waals surface area contributed by atoms with Gasteiger partial charge in [0.15, 0.2) is 0 Å². The number of ether oxygens (including phenoxy) is 1. The van der Waals surface area contributed by atoms with E-state index in [2.05, 4.69) is 8.62 Å². The molecule has 10 nitrogen and oxygen atoms in total. The van der Waals surface area contributed by atoms with E-state index in [-0.39, 0.29) is 12.7 Å². The third-order valence-corrected chi connectivity index (χ3v) is 9.22. The van der Waals surface area contributed by atoms with Crippen molar-refractivity contribution in [1.82, 2.24) is 0 Å². The van der Waals surface area contributed by atoms with Crippen molar-refractivity contribution in [2.75, 3.05) is 13.3 Å². The summed E-state index contributed by atoms with van der Waals surface area (Å²) in [6.45, 7) is 0.342. The maximum absolute atomic E-state index is 11.8. The Morgan fingerprint density at radius 3 is 2.22 bits per heavy atom. The average molecular weight is 446 g/mol. The van der Waals surface area contributed by atoms with Crippen LogP contribution in [0.4, 0.5) is 0 Å². The van der Waals surface area contributed by atoms with Crippen LogP contribution in [0.5, 0.6) is 0 Å². The molecule has 1 saturated heterocycles. The van der Waals surface area contributed by atoms with Gasteiger partial charge in [0.05, 0.1) is 18.8 Å². The van der Waals surface area contributed by atoms with Crippen molar-refractivity contribution in [2.24, 2.45) is 5.92 Å². The van der Waals surface area contributed by atoms with Crippen LogP contribution in [0.2, 0.25) is 0 Å². The molecule has 0 bridgehead atoms. The van der Waals surface area contributed by atoms with E-state index in [4.69, 9.17) is 14.2 Å². The molecule has 1 aliphatic heterocycles. The SMILES string of the molecule is CP(=O)(O)OP(=O)(O)OP(=O)(O)OC[C@@H]1CC[C@H](C2CCC2=C2CCC2)O1. The average Bonchev–Trinajstić information content (AvgIpc) is 2.83. The third kappa shape index (κ3) is 6.06. The van der Waals surface area contributed by atoms with Crippen LogP contribution in [0.1, 0.15) is 44.9 Å². The van der Waals surface area contributed by atoms with Crippen molar-refractivity contribution in [3.05, 3.63) is 11.1 Å². The first-order valence-electron chi connectivity index (χ1n) is 8.83. The standard InChI is InChI=1S/C14H25O10P3/c1-25(15,16)23-27(19,20)24-26(17,18)21-9-11-5-8-14(22-11)13-7-6-12(13)10-3-2-4-10/h11,13-14H,2-9H2,1H3,(H,15,16)(H,17,18)(H,19,20)/t11-,13?,14+/m0/s1. The monoisotopic (exact) mass is 446 g/mol. The van der Waals surface area contributed by atoms with Crippen molar-refractivity contribution >= 4 is 23.2 Å². The smallest absolute Gasteiger partial charge is 0.372 e. The van der Waals surface area contributed by atoms with Crippen LogP contribution in [0.3, 0.4) is 0 Å². The minimum atomic E-state index is -5.23. The van der Waals surface area contributed by atoms with Crippen molar-refractivity contribution in [2.45, 2.75) is 57.2 Å². The molecular weight excluding hydrogens is 421 g/mol. The summed E-state index contributed by atoms with van der Waals surface area (Å²) in [5.41, 5.74) is 3.06. The number of hydrogen-bond donors (Lipinski definition) is 3. The van der Waals surface area contributed by atoms with Gasteiger partial charge in [0, 0.05) is 12.6 Å². The Balaban J connectivity index is 1.47. The second-order valence-electron chi connectivity index (χ2n) is 7.20. The Morgan fingerprint density at radius 1 is 1.00 bits per heavy atom. The minimum absolute atomic E-state index is 0.0575. The molecule has 4 unspecified atom stereocenters. The molecule has 0 radical (unpaired) electrons. The second-order valence-corrected chi connectivity index (χ2v) is 12.2. The Kier molecular flexibility index (Phi) is 6.57. The van der Waals surface area contributed by atoms with Crippen LogP contribution in [0.25, 0.3) is 0 Å². The summed E-state index contributed by atoms with van der Waals surface area (Å²) >= 11 is 0. The molecule has 0 aromatic heterocycles. The van der Waals surface area contributed by atoms with E-state index < -0.39 is 29.3 Å². The highest BCUT2D eigenvalue weighted by Gasteiger charge is 2.42. The van der Waals surface area contributed by atoms with Crippen molar-refractivity contribution in [3.63, 3.8) is 0 Å². The van der Waals surface area contributed by atoms with Gasteiger partial charge < -0.3 is 19.4 Å². The van der Waals surface area contributed by atoms with E-state index in [0.29, 0.717) is 19.0 Å². The normalized spacial score (nSPS) is 34.9. The Hall–Kier alpha value is 0.150. The van der Waals surface area contributed by atoms with Gasteiger partial charge in [0.1, 0.15) is 0 Å². The van der Waals surface area contributed by atoms with E-state index in [1.54, 1.807) is 5.57 Å². The van der Waals surface area contributed by atoms with Crippen LogP contribution in [-0.2, 0) is 31.6 Å². The summed E-state index contributed by atoms with van der Waals surface area (Å²) in [5.74, 6) is 0.414. The molecule has 27 heavy (non-hydrogen) atoms. The first-order valence-corrected chi connectivity index (χ1v) is 13.8. The number of phosphoric ester groups is 1. The quantitative estimate of drug-likeness (QED) is 0.374. The molecule has 2 saturated carbocycles. The lowest BCUT2D eigenvalue weighted by atomic mass is 9.69. The summed E-state index contributed by atoms with van der Waals surface area (Å²) in [4.78, 5) is 27.8. The minimum Gasteiger partial charge on any atom is -0.372 e. The van der Waals surface area contributed by atoms with Crippen molar-refractivity contribution in [1.29, 1.82) is 0 Å². The van der Waals surface area contributed by atoms with Gasteiger partial charge in [-0.05, 0) is 44.9 Å². The molecule has 3 fully saturated rings. The van der Waals surface area contributed by atoms with Gasteiger partial charge in [-0.1, -0.05) is 11.1 Å². The molecule has 0 amide bonds. The van der Waals surface area contributed by atoms with E-state index >= 15 is 0 Å². The predicted molar refractivity (Wildman–Crippen MR) is 95.0 cm³/mol. The largest absolute Gasteiger partial charge is 0.488 e. The third-order valence-electron chi connectivity index (χ3n) is 5.06. The summed E-state index contributed by atoms with van der Waals surface area (Å²) < 4.78 is 52.9. The van der Waals surface area contributed by atoms with Gasteiger partial charge in [-0.2, -0.15) is 4.31 Å². The van der Waals surface area contributed by atoms with Gasteiger partial charge in [0.25, 0.3) is 0 Å². The van der Waals surface area contributed by atoms with E-state index in [9.17, 15) is 23.5 Å². The van der Waals surface area contributed by atoms with Gasteiger partial charge in [-0.25, -0.2) is 13.4 Å². The Morgan fingerprint density at radius 2 is 1.70 bits per heavy atom. The fraction of sp³-hybridized carbons (Fsp3) is 0.857. The summed E-state index contributed by atoms with van der Waals surface area (Å²) in [5, 5.41) is 0. The lowest BCUT2D eigenvalue weighted by Crippen LogP contribution is -2.32. The number of allylic oxidation sites excluding steroid dienone is 1. The Bertz CT molecular complexity index is 737. The van der Waals surface area contributed by atoms with Gasteiger partial charge >= 0.3 is 23.2 Å². The van der Waals surface area contributed by atoms with Crippen LogP contribution < -0.4 is 0 Å². The zero-order valence-corrected chi connectivity index (χ0v) is 17.6. The van der Waals surface area contributed by atoms with E-state index in [1.165, 1.54) is 24.8 Å². The first-order chi connectivity index (χ1) is 12.4. The molecule has 6 atom stereocenters. The number of hydrogen-bond acceptors (Lipinski definition) is 7. The predicted octanol–water partition coefficient (Wildman–Crippen LogP) is 3.49. The van der Waals surface area contributed by atoms with Crippen LogP contribution in [0.15, 0.2) is 11.1 Å². The molecule has 156 valence electrons. The molecule has 0 aromatic rings. The molecule has 0 spiro atoms. The van der Waals surface area contributed by atoms with Gasteiger partial charge in [0.2, 0.25) is 0 Å². The molecule has 13 heteroatoms. The van der Waals surface area contributed by atoms with Crippen molar-refractivity contribution < 1.29 is 46.3 Å². The maximum atomic E-state index is 11.8. The van der Waals surface area contributed by atoms with E-state index in [0.717, 1.165) is 19.3 Å². The van der Waals surface area contributed by atoms with E-state index in [1.807, 2.05) is 0 Å². The summed E-state index contributed by atoms with van der Waals surface area (Å²) in [6.07, 6.45) is 6.90. The number of rotatable bonds is 8. The molecule has 3 N–H and O–H groups in total. The maximum Gasteiger partial charge on any atom is 0.488 e. The molecule has 1 heterocycles. The van der Waals surface area contributed by atoms with Crippen molar-refractivity contribution in [3.8, 4) is 0 Å². The zero-order valence-electron chi connectivity index (χ0n) is 14.9. The first kappa shape index (κ1) is 21.8. The second kappa shape index (κ2) is 8.11. The van der Waals surface area contributed by atoms with Crippen LogP contribution >= 0.6 is 23.2 Å². The fourth-order valence-corrected chi connectivity index (χ4v) is 7.17. The molecule has 3 aliphatic rings. The summed E-state index contributed by atoms with van der Waals surface area (Å²) in [7, 11) is -14.6. The molecule has 0 aromatic carbocycles. The fourth-order valence-electron chi connectivity index (χ4n) is 3.67. The van der Waals surface area contributed by atoms with Crippen LogP contribution in [-0.4, -0.2) is 40.2 Å². The highest BCUT2D eigenvalue weighted by atomic mass is 31.3. The van der Waals surface area contributed by atoms with Gasteiger partial charge in [-0.15, -0.1) is 0 Å². The number of phosphoric acid groups is 2. The Labute approximate surface area is 157 Å². The highest BCUT2D eigenvalue weighted by Crippen LogP contribution is 2.66. The molecule has 2 aliphatic carbocycles. The molecule has 3 rings (SSSR count). The lowest BCUT2D eigenvalue weighted by Gasteiger charge is -2.39. The zero-order chi connectivity index (χ0) is 19.9. The summed E-state index contributed by atoms with van der Waals surface area (Å²) in [6, 6.07) is 0. The van der Waals surface area contributed by atoms with Crippen LogP contribution in [0, 0.1) is 5.92 Å². The highest BCUT2D eigenvalue weighted by molar-refractivity contribution is 7.68. The molecular formula is C14H25O10P3. The topological polar surface area (TPSA) is 149 Å². The van der Waals surface area contributed by atoms with Gasteiger partial charge in [-0.3, -0.25) is 9.09 Å².